The van der Waals surface area contributed by atoms with Gasteiger partial charge in [0.05, 0.1) is 32.4 Å². The minimum Gasteiger partial charge on any atom is -0.479 e. The number of carbonyl (C=O) groups is 2. The summed E-state index contributed by atoms with van der Waals surface area (Å²) in [7, 11) is -3.48. The molecule has 11 nitrogen and oxygen atoms in total. The van der Waals surface area contributed by atoms with Gasteiger partial charge in [-0.2, -0.15) is 5.26 Å². The van der Waals surface area contributed by atoms with E-state index >= 15 is 0 Å². The largest absolute Gasteiger partial charge is 0.479 e. The molecule has 2 aromatic heterocycles. The van der Waals surface area contributed by atoms with Gasteiger partial charge in [-0.25, -0.2) is 8.42 Å². The van der Waals surface area contributed by atoms with Gasteiger partial charge in [0, 0.05) is 80.3 Å². The Kier molecular flexibility index (Phi) is 10.5. The summed E-state index contributed by atoms with van der Waals surface area (Å²) >= 11 is 6.21. The van der Waals surface area contributed by atoms with Gasteiger partial charge in [0.1, 0.15) is 23.3 Å². The fraction of sp³-hybridized carbons (Fsp3) is 0.300. The lowest BCUT2D eigenvalue weighted by molar-refractivity contribution is -0.00980. The first-order chi connectivity index (χ1) is 30.1. The maximum absolute atomic E-state index is 13.2. The molecule has 4 aromatic carbocycles. The Morgan fingerprint density at radius 2 is 1.32 bits per heavy atom. The van der Waals surface area contributed by atoms with Gasteiger partial charge in [-0.3, -0.25) is 14.2 Å². The molecule has 10 rings (SSSR count). The van der Waals surface area contributed by atoms with Crippen LogP contribution in [0, 0.1) is 18.3 Å². The van der Waals surface area contributed by atoms with Gasteiger partial charge in [0.25, 0.3) is 11.8 Å². The minimum absolute atomic E-state index is 0.0909. The quantitative estimate of drug-likeness (QED) is 0.173. The number of amides is 2. The summed E-state index contributed by atoms with van der Waals surface area (Å²) < 4.78 is 41.7. The third-order valence-corrected chi connectivity index (χ3v) is 15.5. The zero-order valence-corrected chi connectivity index (χ0v) is 37.2. The summed E-state index contributed by atoms with van der Waals surface area (Å²) in [6.45, 7) is 9.27. The molecule has 2 saturated heterocycles. The Bertz CT molecular complexity index is 2910. The van der Waals surface area contributed by atoms with Crippen LogP contribution >= 0.6 is 11.6 Å². The molecule has 0 aliphatic carbocycles. The second-order valence-electron chi connectivity index (χ2n) is 17.7. The van der Waals surface area contributed by atoms with Crippen molar-refractivity contribution in [3.63, 3.8) is 0 Å². The van der Waals surface area contributed by atoms with E-state index in [0.29, 0.717) is 55.3 Å². The second kappa shape index (κ2) is 15.8. The summed E-state index contributed by atoms with van der Waals surface area (Å²) in [6.07, 6.45) is 4.73. The lowest BCUT2D eigenvalue weighted by atomic mass is 9.86. The van der Waals surface area contributed by atoms with E-state index in [0.717, 1.165) is 58.2 Å². The van der Waals surface area contributed by atoms with Crippen molar-refractivity contribution in [3.8, 4) is 28.9 Å². The lowest BCUT2D eigenvalue weighted by Crippen LogP contribution is -2.50. The van der Waals surface area contributed by atoms with Crippen molar-refractivity contribution in [2.24, 2.45) is 0 Å². The number of likely N-dealkylation sites (tertiary alicyclic amines) is 2. The minimum atomic E-state index is -3.48. The summed E-state index contributed by atoms with van der Waals surface area (Å²) in [5, 5.41) is 10.3. The Balaban J connectivity index is 0.000000164. The van der Waals surface area contributed by atoms with E-state index in [1.54, 1.807) is 37.8 Å². The molecule has 2 fully saturated rings. The van der Waals surface area contributed by atoms with Crippen molar-refractivity contribution in [1.29, 1.82) is 5.26 Å². The van der Waals surface area contributed by atoms with Crippen LogP contribution in [-0.4, -0.2) is 70.1 Å². The first-order valence-corrected chi connectivity index (χ1v) is 23.1. The molecule has 0 saturated carbocycles. The molecule has 6 aromatic rings. The maximum Gasteiger partial charge on any atom is 0.253 e. The van der Waals surface area contributed by atoms with Gasteiger partial charge in [-0.05, 0) is 113 Å². The molecule has 0 N–H and O–H groups in total. The molecule has 63 heavy (non-hydrogen) atoms. The van der Waals surface area contributed by atoms with E-state index in [2.05, 4.69) is 29.0 Å². The normalized spacial score (nSPS) is 16.8. The molecular formula is C50H48ClN5O6S. The average molecular weight is 882 g/mol. The number of ether oxygens (including phenoxy) is 2. The molecule has 322 valence electrons. The van der Waals surface area contributed by atoms with Gasteiger partial charge < -0.3 is 23.8 Å². The molecular weight excluding hydrogens is 834 g/mol. The number of aromatic nitrogens is 2. The number of halogens is 1. The number of carbonyl (C=O) groups excluding carboxylic acids is 2. The number of aryl methyl sites for hydroxylation is 1. The second-order valence-corrected chi connectivity index (χ2v) is 20.8. The smallest absolute Gasteiger partial charge is 0.253 e. The van der Waals surface area contributed by atoms with Crippen LogP contribution in [0.2, 0.25) is 5.02 Å². The van der Waals surface area contributed by atoms with E-state index in [9.17, 15) is 23.3 Å². The zero-order chi connectivity index (χ0) is 44.3. The molecule has 2 amide bonds. The first kappa shape index (κ1) is 42.0. The van der Waals surface area contributed by atoms with Crippen LogP contribution in [0.1, 0.15) is 89.8 Å². The summed E-state index contributed by atoms with van der Waals surface area (Å²) in [4.78, 5) is 30.1. The summed E-state index contributed by atoms with van der Waals surface area (Å²) in [5.74, 6) is 1.48. The highest BCUT2D eigenvalue weighted by Crippen LogP contribution is 2.47. The van der Waals surface area contributed by atoms with Crippen LogP contribution < -0.4 is 9.47 Å². The molecule has 6 heterocycles. The highest BCUT2D eigenvalue weighted by atomic mass is 35.5. The number of fused-ring (bicyclic) bond motifs is 8. The monoisotopic (exact) mass is 881 g/mol. The van der Waals surface area contributed by atoms with E-state index in [1.165, 1.54) is 12.1 Å². The Labute approximate surface area is 372 Å². The number of para-hydroxylation sites is 2. The number of rotatable bonds is 3. The highest BCUT2D eigenvalue weighted by Gasteiger charge is 2.47. The molecule has 13 heteroatoms. The van der Waals surface area contributed by atoms with E-state index in [-0.39, 0.29) is 16.7 Å². The van der Waals surface area contributed by atoms with Crippen LogP contribution in [0.15, 0.2) is 126 Å². The summed E-state index contributed by atoms with van der Waals surface area (Å²) in [6, 6.07) is 37.6. The standard InChI is InChI=1S/C27H27N3O4S.C23H21ClN2O2/c1-26(2,3)35(32,33)21-11-8-19(9-12-21)25(31)29-16-14-27(15-17-29)24-13-10-20(18-28)30(24)22-6-4-5-7-23(22)34-27;1-16-4-2-5-17(14-16)22(27)25-12-9-23(10-13-25)21-6-3-11-26(21)19-8-7-18(24)15-20(19)28-23/h4-13H,14-17H2,1-3H3;2-8,11,14-15H,9-10,12-13H2,1H3. The van der Waals surface area contributed by atoms with Crippen molar-refractivity contribution in [2.45, 2.75) is 74.2 Å². The molecule has 0 atom stereocenters. The zero-order valence-electron chi connectivity index (χ0n) is 35.7. The SMILES string of the molecule is CC(C)(C)S(=O)(=O)c1ccc(C(=O)N2CCC3(CC2)Oc2ccccc2-n2c(C#N)ccc23)cc1.Cc1cccc(C(=O)N2CCC3(CC2)Oc2cc(Cl)ccc2-n2cccc23)c1. The van der Waals surface area contributed by atoms with Crippen LogP contribution in [0.25, 0.3) is 11.4 Å². The fourth-order valence-corrected chi connectivity index (χ4v) is 10.6. The van der Waals surface area contributed by atoms with Crippen molar-refractivity contribution in [2.75, 3.05) is 26.2 Å². The van der Waals surface area contributed by atoms with E-state index in [1.807, 2.05) is 95.3 Å². The third-order valence-electron chi connectivity index (χ3n) is 12.8. The molecule has 0 unspecified atom stereocenters. The van der Waals surface area contributed by atoms with Crippen molar-refractivity contribution in [1.82, 2.24) is 18.9 Å². The number of nitriles is 1. The van der Waals surface area contributed by atoms with Gasteiger partial charge >= 0.3 is 0 Å². The van der Waals surface area contributed by atoms with E-state index in [4.69, 9.17) is 21.1 Å². The van der Waals surface area contributed by atoms with Crippen LogP contribution in [0.3, 0.4) is 0 Å². The molecule has 2 spiro atoms. The predicted molar refractivity (Wildman–Crippen MR) is 241 cm³/mol. The first-order valence-electron chi connectivity index (χ1n) is 21.2. The predicted octanol–water partition coefficient (Wildman–Crippen LogP) is 9.41. The summed E-state index contributed by atoms with van der Waals surface area (Å²) in [5.41, 5.74) is 5.74. The molecule has 4 aliphatic rings. The Morgan fingerprint density at radius 3 is 1.97 bits per heavy atom. The van der Waals surface area contributed by atoms with Crippen LogP contribution in [0.4, 0.5) is 0 Å². The number of hydrogen-bond acceptors (Lipinski definition) is 7. The highest BCUT2D eigenvalue weighted by molar-refractivity contribution is 7.92. The van der Waals surface area contributed by atoms with Crippen molar-refractivity contribution in [3.05, 3.63) is 160 Å². The molecule has 0 radical (unpaired) electrons. The average Bonchev–Trinajstić information content (AvgIpc) is 3.97. The topological polar surface area (TPSA) is 127 Å². The Hall–Kier alpha value is -6.29. The number of sulfone groups is 1. The van der Waals surface area contributed by atoms with Gasteiger partial charge in [0.15, 0.2) is 21.0 Å². The van der Waals surface area contributed by atoms with Crippen LogP contribution in [-0.2, 0) is 21.0 Å². The Morgan fingerprint density at radius 1 is 0.683 bits per heavy atom. The lowest BCUT2D eigenvalue weighted by Gasteiger charge is -2.45. The molecule has 0 bridgehead atoms. The van der Waals surface area contributed by atoms with Crippen LogP contribution in [0.5, 0.6) is 11.5 Å². The number of piperidine rings is 2. The number of hydrogen-bond donors (Lipinski definition) is 0. The number of benzene rings is 4. The maximum atomic E-state index is 13.2. The number of nitrogens with zero attached hydrogens (tertiary/aromatic N) is 5. The fourth-order valence-electron chi connectivity index (χ4n) is 9.26. The van der Waals surface area contributed by atoms with Gasteiger partial charge in [-0.1, -0.05) is 41.4 Å². The third kappa shape index (κ3) is 7.37. The van der Waals surface area contributed by atoms with Crippen molar-refractivity contribution >= 4 is 33.3 Å². The van der Waals surface area contributed by atoms with E-state index < -0.39 is 25.8 Å². The molecule has 4 aliphatic heterocycles. The van der Waals surface area contributed by atoms with Crippen molar-refractivity contribution < 1.29 is 27.5 Å². The van der Waals surface area contributed by atoms with Gasteiger partial charge in [0.2, 0.25) is 0 Å². The van der Waals surface area contributed by atoms with Gasteiger partial charge in [-0.15, -0.1) is 0 Å².